The lowest BCUT2D eigenvalue weighted by Gasteiger charge is -2.24. The molecule has 18 heavy (non-hydrogen) atoms. The molecule has 3 rings (SSSR count). The van der Waals surface area contributed by atoms with Crippen molar-refractivity contribution in [1.82, 2.24) is 0 Å². The van der Waals surface area contributed by atoms with Crippen LogP contribution in [0.15, 0.2) is 49.6 Å². The van der Waals surface area contributed by atoms with Crippen LogP contribution in [0.5, 0.6) is 0 Å². The number of hydrogen-bond donors (Lipinski definition) is 0. The molecular formula is C18H18. The topological polar surface area (TPSA) is 0 Å². The predicted molar refractivity (Wildman–Crippen MR) is 79.4 cm³/mol. The van der Waals surface area contributed by atoms with E-state index in [1.165, 1.54) is 46.2 Å². The van der Waals surface area contributed by atoms with Gasteiger partial charge in [-0.25, -0.2) is 0 Å². The summed E-state index contributed by atoms with van der Waals surface area (Å²) in [6.07, 6.45) is 13.2. The van der Waals surface area contributed by atoms with Gasteiger partial charge in [0.2, 0.25) is 0 Å². The molecule has 90 valence electrons. The quantitative estimate of drug-likeness (QED) is 0.694. The SMILES string of the molecule is C=CC1=CCCc2c1ccc1c2CCC=C1C=C. The van der Waals surface area contributed by atoms with Crippen LogP contribution >= 0.6 is 0 Å². The Hall–Kier alpha value is -1.82. The zero-order valence-corrected chi connectivity index (χ0v) is 10.7. The van der Waals surface area contributed by atoms with Gasteiger partial charge in [0.05, 0.1) is 0 Å². The van der Waals surface area contributed by atoms with Crippen molar-refractivity contribution in [2.24, 2.45) is 0 Å². The Morgan fingerprint density at radius 1 is 0.778 bits per heavy atom. The van der Waals surface area contributed by atoms with Gasteiger partial charge in [-0.3, -0.25) is 0 Å². The van der Waals surface area contributed by atoms with Gasteiger partial charge in [0, 0.05) is 0 Å². The summed E-state index contributed by atoms with van der Waals surface area (Å²) >= 11 is 0. The Bertz CT molecular complexity index is 529. The van der Waals surface area contributed by atoms with Crippen molar-refractivity contribution in [1.29, 1.82) is 0 Å². The molecule has 1 aromatic rings. The maximum atomic E-state index is 3.93. The average molecular weight is 234 g/mol. The number of benzene rings is 1. The van der Waals surface area contributed by atoms with Crippen molar-refractivity contribution < 1.29 is 0 Å². The largest absolute Gasteiger partial charge is 0.0985 e. The van der Waals surface area contributed by atoms with Crippen LogP contribution in [0.3, 0.4) is 0 Å². The van der Waals surface area contributed by atoms with Crippen molar-refractivity contribution in [2.75, 3.05) is 0 Å². The van der Waals surface area contributed by atoms with E-state index in [4.69, 9.17) is 0 Å². The molecule has 0 saturated carbocycles. The molecule has 0 spiro atoms. The minimum absolute atomic E-state index is 1.14. The molecule has 0 atom stereocenters. The van der Waals surface area contributed by atoms with Gasteiger partial charge in [0.25, 0.3) is 0 Å². The Balaban J connectivity index is 2.22. The second-order valence-corrected chi connectivity index (χ2v) is 4.92. The fourth-order valence-electron chi connectivity index (χ4n) is 3.16. The third kappa shape index (κ3) is 1.60. The predicted octanol–water partition coefficient (Wildman–Crippen LogP) is 4.72. The molecule has 0 amide bonds. The lowest BCUT2D eigenvalue weighted by atomic mass is 9.80. The number of fused-ring (bicyclic) bond motifs is 3. The zero-order valence-electron chi connectivity index (χ0n) is 10.7. The maximum absolute atomic E-state index is 3.93. The van der Waals surface area contributed by atoms with Crippen LogP contribution in [0.1, 0.15) is 35.1 Å². The van der Waals surface area contributed by atoms with E-state index in [-0.39, 0.29) is 0 Å². The van der Waals surface area contributed by atoms with Crippen molar-refractivity contribution >= 4 is 11.1 Å². The summed E-state index contributed by atoms with van der Waals surface area (Å²) in [7, 11) is 0. The van der Waals surface area contributed by atoms with E-state index in [9.17, 15) is 0 Å². The van der Waals surface area contributed by atoms with Gasteiger partial charge in [-0.1, -0.05) is 49.6 Å². The first-order valence-electron chi connectivity index (χ1n) is 6.66. The minimum atomic E-state index is 1.14. The van der Waals surface area contributed by atoms with Gasteiger partial charge in [0.15, 0.2) is 0 Å². The highest BCUT2D eigenvalue weighted by atomic mass is 14.2. The summed E-state index contributed by atoms with van der Waals surface area (Å²) in [5, 5.41) is 0. The monoisotopic (exact) mass is 234 g/mol. The standard InChI is InChI=1S/C18H18/c1-3-13-7-5-9-17-15(13)11-12-16-14(4-2)8-6-10-18(16)17/h3-4,7-8,11-12H,1-2,5-6,9-10H2. The van der Waals surface area contributed by atoms with Gasteiger partial charge in [0.1, 0.15) is 0 Å². The molecule has 2 aliphatic rings. The van der Waals surface area contributed by atoms with Crippen LogP contribution in [-0.2, 0) is 12.8 Å². The first kappa shape index (κ1) is 11.3. The first-order chi connectivity index (χ1) is 8.85. The molecular weight excluding hydrogens is 216 g/mol. The summed E-state index contributed by atoms with van der Waals surface area (Å²) in [5.41, 5.74) is 8.46. The molecule has 0 heterocycles. The molecule has 0 unspecified atom stereocenters. The van der Waals surface area contributed by atoms with Crippen LogP contribution in [0, 0.1) is 0 Å². The first-order valence-corrected chi connectivity index (χ1v) is 6.66. The van der Waals surface area contributed by atoms with Gasteiger partial charge in [-0.15, -0.1) is 0 Å². The Morgan fingerprint density at radius 3 is 1.61 bits per heavy atom. The Kier molecular flexibility index (Phi) is 2.79. The summed E-state index contributed by atoms with van der Waals surface area (Å²) in [6, 6.07) is 4.51. The van der Waals surface area contributed by atoms with E-state index in [0.717, 1.165) is 12.8 Å². The molecule has 0 bridgehead atoms. The third-order valence-corrected chi connectivity index (χ3v) is 4.01. The molecule has 0 aromatic heterocycles. The molecule has 0 nitrogen and oxygen atoms in total. The molecule has 0 fully saturated rings. The molecule has 0 saturated heterocycles. The van der Waals surface area contributed by atoms with Crippen LogP contribution in [0.2, 0.25) is 0 Å². The van der Waals surface area contributed by atoms with E-state index >= 15 is 0 Å². The summed E-state index contributed by atoms with van der Waals surface area (Å²) < 4.78 is 0. The van der Waals surface area contributed by atoms with Crippen LogP contribution in [-0.4, -0.2) is 0 Å². The lowest BCUT2D eigenvalue weighted by molar-refractivity contribution is 0.900. The van der Waals surface area contributed by atoms with Crippen LogP contribution < -0.4 is 0 Å². The zero-order chi connectivity index (χ0) is 12.5. The second-order valence-electron chi connectivity index (χ2n) is 4.92. The number of hydrogen-bond acceptors (Lipinski definition) is 0. The van der Waals surface area contributed by atoms with E-state index in [2.05, 4.69) is 37.4 Å². The minimum Gasteiger partial charge on any atom is -0.0985 e. The van der Waals surface area contributed by atoms with Gasteiger partial charge >= 0.3 is 0 Å². The molecule has 0 radical (unpaired) electrons. The van der Waals surface area contributed by atoms with Crippen molar-refractivity contribution in [3.05, 3.63) is 71.8 Å². The Morgan fingerprint density at radius 2 is 1.22 bits per heavy atom. The molecule has 0 aliphatic heterocycles. The van der Waals surface area contributed by atoms with Gasteiger partial charge in [-0.05, 0) is 59.1 Å². The Labute approximate surface area is 109 Å². The summed E-state index contributed by atoms with van der Waals surface area (Å²) in [6.45, 7) is 7.86. The summed E-state index contributed by atoms with van der Waals surface area (Å²) in [5.74, 6) is 0. The van der Waals surface area contributed by atoms with Crippen LogP contribution in [0.25, 0.3) is 11.1 Å². The highest BCUT2D eigenvalue weighted by molar-refractivity contribution is 5.83. The fourth-order valence-corrected chi connectivity index (χ4v) is 3.16. The van der Waals surface area contributed by atoms with Gasteiger partial charge in [-0.2, -0.15) is 0 Å². The van der Waals surface area contributed by atoms with Crippen molar-refractivity contribution in [3.8, 4) is 0 Å². The highest BCUT2D eigenvalue weighted by Gasteiger charge is 2.19. The number of allylic oxidation sites excluding steroid dienone is 6. The molecule has 0 N–H and O–H groups in total. The van der Waals surface area contributed by atoms with E-state index in [0.29, 0.717) is 0 Å². The normalized spacial score (nSPS) is 17.1. The van der Waals surface area contributed by atoms with Crippen LogP contribution in [0.4, 0.5) is 0 Å². The lowest BCUT2D eigenvalue weighted by Crippen LogP contribution is -2.08. The fraction of sp³-hybridized carbons (Fsp3) is 0.222. The maximum Gasteiger partial charge on any atom is -0.0152 e. The summed E-state index contributed by atoms with van der Waals surface area (Å²) in [4.78, 5) is 0. The van der Waals surface area contributed by atoms with E-state index in [1.807, 2.05) is 12.2 Å². The number of rotatable bonds is 2. The molecule has 1 aromatic carbocycles. The van der Waals surface area contributed by atoms with E-state index < -0.39 is 0 Å². The smallest absolute Gasteiger partial charge is 0.0152 e. The highest BCUT2D eigenvalue weighted by Crippen LogP contribution is 2.36. The molecule has 2 aliphatic carbocycles. The average Bonchev–Trinajstić information content (AvgIpc) is 2.45. The van der Waals surface area contributed by atoms with Gasteiger partial charge < -0.3 is 0 Å². The molecule has 0 heteroatoms. The second kappa shape index (κ2) is 4.45. The van der Waals surface area contributed by atoms with Crippen molar-refractivity contribution in [2.45, 2.75) is 25.7 Å². The van der Waals surface area contributed by atoms with Crippen molar-refractivity contribution in [3.63, 3.8) is 0 Å². The third-order valence-electron chi connectivity index (χ3n) is 4.01. The van der Waals surface area contributed by atoms with E-state index in [1.54, 1.807) is 0 Å².